The lowest BCUT2D eigenvalue weighted by molar-refractivity contribution is 0.112. The van der Waals surface area contributed by atoms with Gasteiger partial charge in [0.25, 0.3) is 0 Å². The molecule has 0 bridgehead atoms. The molecule has 0 unspecified atom stereocenters. The van der Waals surface area contributed by atoms with E-state index < -0.39 is 0 Å². The molecule has 2 rings (SSSR count). The minimum Gasteiger partial charge on any atom is -0.298 e. The Morgan fingerprint density at radius 1 is 1.21 bits per heavy atom. The molecule has 0 N–H and O–H groups in total. The van der Waals surface area contributed by atoms with Gasteiger partial charge in [-0.2, -0.15) is 5.10 Å². The summed E-state index contributed by atoms with van der Waals surface area (Å²) in [5.74, 6) is 0. The Bertz CT molecular complexity index is 443. The Balaban J connectivity index is 2.38. The molecule has 3 heteroatoms. The molecule has 0 aliphatic rings. The molecule has 1 aromatic heterocycles. The monoisotopic (exact) mass is 186 g/mol. The van der Waals surface area contributed by atoms with Crippen molar-refractivity contribution in [3.63, 3.8) is 0 Å². The fraction of sp³-hybridized carbons (Fsp3) is 0.0909. The Hall–Kier alpha value is -1.90. The summed E-state index contributed by atoms with van der Waals surface area (Å²) < 4.78 is 1.78. The first kappa shape index (κ1) is 8.69. The van der Waals surface area contributed by atoms with E-state index in [9.17, 15) is 4.79 Å². The van der Waals surface area contributed by atoms with Crippen molar-refractivity contribution in [2.24, 2.45) is 0 Å². The molecule has 14 heavy (non-hydrogen) atoms. The van der Waals surface area contributed by atoms with Gasteiger partial charge in [-0.25, -0.2) is 4.68 Å². The van der Waals surface area contributed by atoms with Gasteiger partial charge in [-0.1, -0.05) is 0 Å². The van der Waals surface area contributed by atoms with E-state index in [1.807, 2.05) is 31.3 Å². The topological polar surface area (TPSA) is 34.9 Å². The molecule has 0 aliphatic carbocycles. The smallest absolute Gasteiger partial charge is 0.150 e. The number of hydrogen-bond donors (Lipinski definition) is 0. The van der Waals surface area contributed by atoms with Crippen molar-refractivity contribution in [3.8, 4) is 5.69 Å². The first-order valence-electron chi connectivity index (χ1n) is 4.37. The molecule has 0 radical (unpaired) electrons. The predicted octanol–water partition coefficient (Wildman–Crippen LogP) is 1.99. The third-order valence-electron chi connectivity index (χ3n) is 2.02. The van der Waals surface area contributed by atoms with Gasteiger partial charge in [-0.3, -0.25) is 4.79 Å². The van der Waals surface area contributed by atoms with Crippen LogP contribution in [0, 0.1) is 6.92 Å². The number of nitrogens with zero attached hydrogens (tertiary/aromatic N) is 2. The zero-order chi connectivity index (χ0) is 9.97. The van der Waals surface area contributed by atoms with Crippen LogP contribution in [0.5, 0.6) is 0 Å². The van der Waals surface area contributed by atoms with E-state index in [1.54, 1.807) is 16.8 Å². The van der Waals surface area contributed by atoms with Gasteiger partial charge in [0.1, 0.15) is 6.29 Å². The predicted molar refractivity (Wildman–Crippen MR) is 53.7 cm³/mol. The number of aromatic nitrogens is 2. The summed E-state index contributed by atoms with van der Waals surface area (Å²) in [5.41, 5.74) is 2.62. The summed E-state index contributed by atoms with van der Waals surface area (Å²) in [7, 11) is 0. The lowest BCUT2D eigenvalue weighted by atomic mass is 10.2. The van der Waals surface area contributed by atoms with Crippen LogP contribution in [-0.4, -0.2) is 16.1 Å². The van der Waals surface area contributed by atoms with Gasteiger partial charge in [-0.05, 0) is 37.3 Å². The van der Waals surface area contributed by atoms with Crippen molar-refractivity contribution in [3.05, 3.63) is 47.8 Å². The summed E-state index contributed by atoms with van der Waals surface area (Å²) in [5, 5.41) is 4.26. The molecule has 0 aliphatic heterocycles. The Morgan fingerprint density at radius 3 is 2.43 bits per heavy atom. The van der Waals surface area contributed by atoms with Crippen LogP contribution >= 0.6 is 0 Å². The summed E-state index contributed by atoms with van der Waals surface area (Å²) in [6.07, 6.45) is 2.73. The van der Waals surface area contributed by atoms with Crippen LogP contribution in [0.3, 0.4) is 0 Å². The van der Waals surface area contributed by atoms with Crippen molar-refractivity contribution in [1.82, 2.24) is 9.78 Å². The average molecular weight is 186 g/mol. The Labute approximate surface area is 82.0 Å². The minimum atomic E-state index is 0.678. The number of aldehydes is 1. The normalized spacial score (nSPS) is 10.1. The van der Waals surface area contributed by atoms with Crippen molar-refractivity contribution >= 4 is 6.29 Å². The molecule has 1 heterocycles. The lowest BCUT2D eigenvalue weighted by Crippen LogP contribution is -1.94. The SMILES string of the molecule is Cc1ccn(-c2ccc(C=O)cc2)n1. The highest BCUT2D eigenvalue weighted by atomic mass is 16.1. The number of hydrogen-bond acceptors (Lipinski definition) is 2. The second kappa shape index (κ2) is 3.46. The van der Waals surface area contributed by atoms with E-state index in [0.717, 1.165) is 17.7 Å². The van der Waals surface area contributed by atoms with E-state index in [2.05, 4.69) is 5.10 Å². The highest BCUT2D eigenvalue weighted by Crippen LogP contribution is 2.08. The van der Waals surface area contributed by atoms with Crippen LogP contribution in [0.15, 0.2) is 36.5 Å². The number of benzene rings is 1. The van der Waals surface area contributed by atoms with Gasteiger partial charge < -0.3 is 0 Å². The quantitative estimate of drug-likeness (QED) is 0.672. The van der Waals surface area contributed by atoms with Crippen LogP contribution in [0.2, 0.25) is 0 Å². The molecule has 0 amide bonds. The standard InChI is InChI=1S/C11H10N2O/c1-9-6-7-13(12-9)11-4-2-10(8-14)3-5-11/h2-8H,1H3. The molecule has 70 valence electrons. The third-order valence-corrected chi connectivity index (χ3v) is 2.02. The van der Waals surface area contributed by atoms with Gasteiger partial charge in [0.2, 0.25) is 0 Å². The fourth-order valence-corrected chi connectivity index (χ4v) is 1.26. The summed E-state index contributed by atoms with van der Waals surface area (Å²) in [6, 6.07) is 9.23. The largest absolute Gasteiger partial charge is 0.298 e. The number of rotatable bonds is 2. The van der Waals surface area contributed by atoms with E-state index >= 15 is 0 Å². The molecular formula is C11H10N2O. The van der Waals surface area contributed by atoms with Gasteiger partial charge in [0.05, 0.1) is 11.4 Å². The fourth-order valence-electron chi connectivity index (χ4n) is 1.26. The van der Waals surface area contributed by atoms with E-state index in [4.69, 9.17) is 0 Å². The lowest BCUT2D eigenvalue weighted by Gasteiger charge is -2.00. The average Bonchev–Trinajstić information content (AvgIpc) is 2.65. The first-order valence-corrected chi connectivity index (χ1v) is 4.37. The Morgan fingerprint density at radius 2 is 1.93 bits per heavy atom. The van der Waals surface area contributed by atoms with Crippen LogP contribution < -0.4 is 0 Å². The van der Waals surface area contributed by atoms with Gasteiger partial charge >= 0.3 is 0 Å². The second-order valence-corrected chi connectivity index (χ2v) is 3.11. The minimum absolute atomic E-state index is 0.678. The van der Waals surface area contributed by atoms with Crippen molar-refractivity contribution in [1.29, 1.82) is 0 Å². The van der Waals surface area contributed by atoms with Crippen molar-refractivity contribution in [2.45, 2.75) is 6.92 Å². The highest BCUT2D eigenvalue weighted by Gasteiger charge is 1.97. The summed E-state index contributed by atoms with van der Waals surface area (Å²) in [6.45, 7) is 1.94. The molecular weight excluding hydrogens is 176 g/mol. The van der Waals surface area contributed by atoms with E-state index in [1.165, 1.54) is 0 Å². The zero-order valence-electron chi connectivity index (χ0n) is 7.84. The third kappa shape index (κ3) is 1.57. The summed E-state index contributed by atoms with van der Waals surface area (Å²) >= 11 is 0. The number of carbonyl (C=O) groups excluding carboxylic acids is 1. The number of aryl methyl sites for hydroxylation is 1. The van der Waals surface area contributed by atoms with Crippen molar-refractivity contribution < 1.29 is 4.79 Å². The summed E-state index contributed by atoms with van der Waals surface area (Å²) in [4.78, 5) is 10.4. The maximum atomic E-state index is 10.4. The Kier molecular flexibility index (Phi) is 2.14. The second-order valence-electron chi connectivity index (χ2n) is 3.11. The van der Waals surface area contributed by atoms with Crippen LogP contribution in [-0.2, 0) is 0 Å². The van der Waals surface area contributed by atoms with Crippen molar-refractivity contribution in [2.75, 3.05) is 0 Å². The van der Waals surface area contributed by atoms with E-state index in [0.29, 0.717) is 5.56 Å². The number of carbonyl (C=O) groups is 1. The maximum absolute atomic E-state index is 10.4. The highest BCUT2D eigenvalue weighted by molar-refractivity contribution is 5.75. The molecule has 3 nitrogen and oxygen atoms in total. The van der Waals surface area contributed by atoms with Gasteiger partial charge in [0, 0.05) is 11.8 Å². The molecule has 1 aromatic carbocycles. The molecule has 0 saturated heterocycles. The zero-order valence-corrected chi connectivity index (χ0v) is 7.84. The molecule has 0 atom stereocenters. The molecule has 2 aromatic rings. The first-order chi connectivity index (χ1) is 6.79. The van der Waals surface area contributed by atoms with Crippen LogP contribution in [0.4, 0.5) is 0 Å². The van der Waals surface area contributed by atoms with E-state index in [-0.39, 0.29) is 0 Å². The maximum Gasteiger partial charge on any atom is 0.150 e. The van der Waals surface area contributed by atoms with Gasteiger partial charge in [0.15, 0.2) is 0 Å². The van der Waals surface area contributed by atoms with Crippen LogP contribution in [0.25, 0.3) is 5.69 Å². The molecule has 0 spiro atoms. The molecule has 0 saturated carbocycles. The van der Waals surface area contributed by atoms with Crippen LogP contribution in [0.1, 0.15) is 16.1 Å². The van der Waals surface area contributed by atoms with Gasteiger partial charge in [-0.15, -0.1) is 0 Å². The molecule has 0 fully saturated rings.